The second-order valence-electron chi connectivity index (χ2n) is 2.58. The Labute approximate surface area is 78.5 Å². The van der Waals surface area contributed by atoms with Crippen molar-refractivity contribution in [3.05, 3.63) is 0 Å². The van der Waals surface area contributed by atoms with E-state index in [4.69, 9.17) is 24.1 Å². The molecule has 0 unspecified atom stereocenters. The first-order chi connectivity index (χ1) is 6.17. The summed E-state index contributed by atoms with van der Waals surface area (Å²) in [5.74, 6) is -1.04. The lowest BCUT2D eigenvalue weighted by Gasteiger charge is -2.31. The summed E-state index contributed by atoms with van der Waals surface area (Å²) in [7, 11) is 5.95. The number of methoxy groups -OCH3 is 4. The second-order valence-corrected chi connectivity index (χ2v) is 2.58. The second kappa shape index (κ2) is 6.28. The summed E-state index contributed by atoms with van der Waals surface area (Å²) < 4.78 is 20.0. The summed E-state index contributed by atoms with van der Waals surface area (Å²) in [4.78, 5) is 0. The zero-order valence-electron chi connectivity index (χ0n) is 8.57. The van der Waals surface area contributed by atoms with Gasteiger partial charge < -0.3 is 24.1 Å². The van der Waals surface area contributed by atoms with Gasteiger partial charge in [-0.1, -0.05) is 0 Å². The van der Waals surface area contributed by atoms with E-state index in [2.05, 4.69) is 0 Å². The van der Waals surface area contributed by atoms with Crippen molar-refractivity contribution in [1.29, 1.82) is 0 Å². The lowest BCUT2D eigenvalue weighted by Crippen LogP contribution is -2.42. The number of hydrogen-bond donors (Lipinski definition) is 1. The van der Waals surface area contributed by atoms with Crippen molar-refractivity contribution < 1.29 is 24.1 Å². The van der Waals surface area contributed by atoms with Gasteiger partial charge in [0, 0.05) is 28.4 Å². The van der Waals surface area contributed by atoms with Crippen molar-refractivity contribution in [3.8, 4) is 0 Å². The van der Waals surface area contributed by atoms with Crippen molar-refractivity contribution in [3.63, 3.8) is 0 Å². The van der Waals surface area contributed by atoms with Crippen molar-refractivity contribution in [2.75, 3.05) is 35.0 Å². The summed E-state index contributed by atoms with van der Waals surface area (Å²) in [6, 6.07) is 0. The molecule has 0 rings (SSSR count). The minimum atomic E-state index is -1.04. The highest BCUT2D eigenvalue weighted by Crippen LogP contribution is 2.19. The fourth-order valence-corrected chi connectivity index (χ4v) is 0.960. The van der Waals surface area contributed by atoms with Crippen LogP contribution in [0.5, 0.6) is 0 Å². The van der Waals surface area contributed by atoms with Crippen LogP contribution in [-0.4, -0.2) is 52.2 Å². The molecule has 0 aromatic carbocycles. The van der Waals surface area contributed by atoms with Gasteiger partial charge in [0.2, 0.25) is 0 Å². The van der Waals surface area contributed by atoms with Crippen LogP contribution in [0.3, 0.4) is 0 Å². The van der Waals surface area contributed by atoms with Gasteiger partial charge >= 0.3 is 0 Å². The lowest BCUT2D eigenvalue weighted by atomic mass is 10.2. The smallest absolute Gasteiger partial charge is 0.195 e. The summed E-state index contributed by atoms with van der Waals surface area (Å²) in [6.45, 7) is -0.247. The SMILES string of the molecule is COC(CC(CO)(OC)OC)OC. The van der Waals surface area contributed by atoms with Crippen LogP contribution < -0.4 is 0 Å². The van der Waals surface area contributed by atoms with E-state index in [0.717, 1.165) is 0 Å². The maximum atomic E-state index is 9.06. The van der Waals surface area contributed by atoms with Crippen LogP contribution in [0, 0.1) is 0 Å². The molecule has 0 amide bonds. The summed E-state index contributed by atoms with van der Waals surface area (Å²) >= 11 is 0. The molecule has 0 aromatic heterocycles. The Morgan fingerprint density at radius 3 is 1.77 bits per heavy atom. The lowest BCUT2D eigenvalue weighted by molar-refractivity contribution is -0.264. The van der Waals surface area contributed by atoms with Crippen molar-refractivity contribution >= 4 is 0 Å². The average molecular weight is 194 g/mol. The van der Waals surface area contributed by atoms with Crippen LogP contribution in [0.4, 0.5) is 0 Å². The molecular weight excluding hydrogens is 176 g/mol. The molecule has 5 nitrogen and oxygen atoms in total. The molecule has 0 bridgehead atoms. The summed E-state index contributed by atoms with van der Waals surface area (Å²) in [5, 5.41) is 9.06. The van der Waals surface area contributed by atoms with Crippen LogP contribution in [0.15, 0.2) is 0 Å². The fraction of sp³-hybridized carbons (Fsp3) is 1.00. The van der Waals surface area contributed by atoms with E-state index in [0.29, 0.717) is 6.42 Å². The third kappa shape index (κ3) is 3.58. The average Bonchev–Trinajstić information content (AvgIpc) is 2.21. The van der Waals surface area contributed by atoms with Crippen LogP contribution in [0.25, 0.3) is 0 Å². The number of aliphatic hydroxyl groups is 1. The zero-order valence-corrected chi connectivity index (χ0v) is 8.57. The molecule has 0 saturated heterocycles. The van der Waals surface area contributed by atoms with Gasteiger partial charge in [0.25, 0.3) is 0 Å². The van der Waals surface area contributed by atoms with Gasteiger partial charge in [-0.15, -0.1) is 0 Å². The molecule has 5 heteroatoms. The zero-order chi connectivity index (χ0) is 10.3. The molecule has 0 radical (unpaired) electrons. The van der Waals surface area contributed by atoms with Gasteiger partial charge in [-0.25, -0.2) is 0 Å². The van der Waals surface area contributed by atoms with E-state index in [1.54, 1.807) is 0 Å². The van der Waals surface area contributed by atoms with E-state index >= 15 is 0 Å². The third-order valence-electron chi connectivity index (χ3n) is 1.99. The molecule has 0 fully saturated rings. The Morgan fingerprint density at radius 2 is 1.54 bits per heavy atom. The summed E-state index contributed by atoms with van der Waals surface area (Å²) in [6.07, 6.45) is -0.143. The number of hydrogen-bond acceptors (Lipinski definition) is 5. The normalized spacial score (nSPS) is 12.5. The molecule has 1 N–H and O–H groups in total. The highest BCUT2D eigenvalue weighted by atomic mass is 16.7. The molecule has 0 aliphatic carbocycles. The fourth-order valence-electron chi connectivity index (χ4n) is 0.960. The highest BCUT2D eigenvalue weighted by molar-refractivity contribution is 4.69. The summed E-state index contributed by atoms with van der Waals surface area (Å²) in [5.41, 5.74) is 0. The van der Waals surface area contributed by atoms with Gasteiger partial charge in [-0.2, -0.15) is 0 Å². The van der Waals surface area contributed by atoms with Crippen LogP contribution in [0.1, 0.15) is 6.42 Å². The number of aliphatic hydroxyl groups excluding tert-OH is 1. The maximum Gasteiger partial charge on any atom is 0.195 e. The predicted molar refractivity (Wildman–Crippen MR) is 46.3 cm³/mol. The van der Waals surface area contributed by atoms with Gasteiger partial charge in [0.05, 0.1) is 13.0 Å². The van der Waals surface area contributed by atoms with Crippen molar-refractivity contribution in [2.24, 2.45) is 0 Å². The van der Waals surface area contributed by atoms with E-state index in [1.165, 1.54) is 28.4 Å². The molecule has 13 heavy (non-hydrogen) atoms. The van der Waals surface area contributed by atoms with Crippen molar-refractivity contribution in [2.45, 2.75) is 18.5 Å². The third-order valence-corrected chi connectivity index (χ3v) is 1.99. The molecule has 0 atom stereocenters. The standard InChI is InChI=1S/C8H18O5/c1-10-7(11-2)5-8(6-9,12-3)13-4/h7,9H,5-6H2,1-4H3. The quantitative estimate of drug-likeness (QED) is 0.577. The van der Waals surface area contributed by atoms with Gasteiger partial charge in [0.1, 0.15) is 0 Å². The van der Waals surface area contributed by atoms with E-state index in [-0.39, 0.29) is 6.61 Å². The molecule has 0 aliphatic heterocycles. The maximum absolute atomic E-state index is 9.06. The van der Waals surface area contributed by atoms with Crippen molar-refractivity contribution in [1.82, 2.24) is 0 Å². The first kappa shape index (κ1) is 12.8. The molecule has 0 aliphatic rings. The first-order valence-electron chi connectivity index (χ1n) is 3.94. The molecule has 0 spiro atoms. The Hall–Kier alpha value is -0.200. The Kier molecular flexibility index (Phi) is 6.19. The molecule has 80 valence electrons. The van der Waals surface area contributed by atoms with Crippen LogP contribution in [-0.2, 0) is 18.9 Å². The Bertz CT molecular complexity index is 111. The monoisotopic (exact) mass is 194 g/mol. The van der Waals surface area contributed by atoms with Gasteiger partial charge in [0.15, 0.2) is 12.1 Å². The van der Waals surface area contributed by atoms with Gasteiger partial charge in [-0.05, 0) is 0 Å². The van der Waals surface area contributed by atoms with E-state index in [9.17, 15) is 0 Å². The minimum Gasteiger partial charge on any atom is -0.391 e. The Balaban J connectivity index is 4.21. The first-order valence-corrected chi connectivity index (χ1v) is 3.94. The van der Waals surface area contributed by atoms with Crippen LogP contribution in [0.2, 0.25) is 0 Å². The Morgan fingerprint density at radius 1 is 1.08 bits per heavy atom. The molecule has 0 saturated carbocycles. The number of rotatable bonds is 7. The minimum absolute atomic E-state index is 0.247. The molecule has 0 heterocycles. The topological polar surface area (TPSA) is 57.2 Å². The number of ether oxygens (including phenoxy) is 4. The van der Waals surface area contributed by atoms with E-state index < -0.39 is 12.1 Å². The van der Waals surface area contributed by atoms with E-state index in [1.807, 2.05) is 0 Å². The largest absolute Gasteiger partial charge is 0.391 e. The molecule has 0 aromatic rings. The van der Waals surface area contributed by atoms with Crippen LogP contribution >= 0.6 is 0 Å². The highest BCUT2D eigenvalue weighted by Gasteiger charge is 2.32. The molecular formula is C8H18O5. The predicted octanol–water partition coefficient (Wildman–Crippen LogP) is -0.0232. The van der Waals surface area contributed by atoms with Gasteiger partial charge in [-0.3, -0.25) is 0 Å².